The van der Waals surface area contributed by atoms with Gasteiger partial charge in [0.2, 0.25) is 5.91 Å². The van der Waals surface area contributed by atoms with E-state index < -0.39 is 0 Å². The molecule has 0 radical (unpaired) electrons. The van der Waals surface area contributed by atoms with Crippen LogP contribution in [-0.2, 0) is 4.79 Å². The molecule has 4 heteroatoms. The van der Waals surface area contributed by atoms with Crippen molar-refractivity contribution in [3.63, 3.8) is 0 Å². The molecule has 1 saturated carbocycles. The van der Waals surface area contributed by atoms with Gasteiger partial charge in [-0.1, -0.05) is 36.8 Å². The highest BCUT2D eigenvalue weighted by molar-refractivity contribution is 7.99. The Morgan fingerprint density at radius 3 is 2.79 bits per heavy atom. The molecular formula is C15H22N2OS. The van der Waals surface area contributed by atoms with E-state index in [-0.39, 0.29) is 17.2 Å². The van der Waals surface area contributed by atoms with Crippen LogP contribution in [0.3, 0.4) is 0 Å². The van der Waals surface area contributed by atoms with Crippen LogP contribution in [0, 0.1) is 5.92 Å². The maximum absolute atomic E-state index is 12.4. The largest absolute Gasteiger partial charge is 0.352 e. The highest BCUT2D eigenvalue weighted by Crippen LogP contribution is 2.29. The molecule has 1 amide bonds. The summed E-state index contributed by atoms with van der Waals surface area (Å²) in [6, 6.07) is 10.2. The van der Waals surface area contributed by atoms with Crippen molar-refractivity contribution in [3.8, 4) is 0 Å². The maximum Gasteiger partial charge on any atom is 0.237 e. The van der Waals surface area contributed by atoms with Gasteiger partial charge < -0.3 is 11.1 Å². The van der Waals surface area contributed by atoms with Crippen LogP contribution in [-0.4, -0.2) is 24.7 Å². The van der Waals surface area contributed by atoms with Gasteiger partial charge in [-0.05, 0) is 37.1 Å². The summed E-state index contributed by atoms with van der Waals surface area (Å²) < 4.78 is 0. The summed E-state index contributed by atoms with van der Waals surface area (Å²) in [5, 5.41) is 3.06. The van der Waals surface area contributed by atoms with Crippen LogP contribution >= 0.6 is 11.8 Å². The minimum Gasteiger partial charge on any atom is -0.352 e. The highest BCUT2D eigenvalue weighted by atomic mass is 32.2. The molecule has 3 atom stereocenters. The van der Waals surface area contributed by atoms with E-state index in [1.165, 1.54) is 6.42 Å². The summed E-state index contributed by atoms with van der Waals surface area (Å²) in [5.74, 6) is 0.561. The average molecular weight is 278 g/mol. The number of rotatable bonds is 5. The zero-order valence-corrected chi connectivity index (χ0v) is 12.2. The predicted octanol–water partition coefficient (Wildman–Crippen LogP) is 2.33. The van der Waals surface area contributed by atoms with E-state index in [0.29, 0.717) is 12.5 Å². The van der Waals surface area contributed by atoms with E-state index in [1.807, 2.05) is 36.6 Å². The van der Waals surface area contributed by atoms with Crippen LogP contribution in [0.25, 0.3) is 0 Å². The summed E-state index contributed by atoms with van der Waals surface area (Å²) in [6.45, 7) is 0.667. The SMILES string of the molecule is CSC(C(=O)NC1CCCC1CN)c1ccccc1. The Labute approximate surface area is 119 Å². The quantitative estimate of drug-likeness (QED) is 0.869. The van der Waals surface area contributed by atoms with Crippen LogP contribution < -0.4 is 11.1 Å². The Balaban J connectivity index is 2.01. The summed E-state index contributed by atoms with van der Waals surface area (Å²) in [7, 11) is 0. The van der Waals surface area contributed by atoms with Crippen molar-refractivity contribution in [2.45, 2.75) is 30.6 Å². The van der Waals surface area contributed by atoms with Gasteiger partial charge in [0, 0.05) is 6.04 Å². The molecule has 1 aliphatic rings. The zero-order valence-electron chi connectivity index (χ0n) is 11.3. The van der Waals surface area contributed by atoms with Crippen molar-refractivity contribution < 1.29 is 4.79 Å². The minimum absolute atomic E-state index is 0.115. The third-order valence-corrected chi connectivity index (χ3v) is 4.82. The molecule has 1 aliphatic carbocycles. The van der Waals surface area contributed by atoms with E-state index in [4.69, 9.17) is 5.73 Å². The minimum atomic E-state index is -0.125. The molecule has 0 aliphatic heterocycles. The van der Waals surface area contributed by atoms with E-state index in [0.717, 1.165) is 18.4 Å². The van der Waals surface area contributed by atoms with Gasteiger partial charge in [-0.3, -0.25) is 4.79 Å². The molecule has 2 rings (SSSR count). The molecule has 0 heterocycles. The molecule has 3 nitrogen and oxygen atoms in total. The molecule has 3 N–H and O–H groups in total. The molecule has 1 aromatic carbocycles. The Hall–Kier alpha value is -1.00. The van der Waals surface area contributed by atoms with E-state index >= 15 is 0 Å². The van der Waals surface area contributed by atoms with Crippen LogP contribution in [0.4, 0.5) is 0 Å². The van der Waals surface area contributed by atoms with Crippen molar-refractivity contribution >= 4 is 17.7 Å². The fourth-order valence-corrected chi connectivity index (χ4v) is 3.50. The number of amides is 1. The van der Waals surface area contributed by atoms with Gasteiger partial charge in [0.15, 0.2) is 0 Å². The third kappa shape index (κ3) is 3.51. The number of nitrogens with two attached hydrogens (primary N) is 1. The first-order valence-electron chi connectivity index (χ1n) is 6.84. The number of thioether (sulfide) groups is 1. The lowest BCUT2D eigenvalue weighted by atomic mass is 10.0. The van der Waals surface area contributed by atoms with Crippen molar-refractivity contribution in [3.05, 3.63) is 35.9 Å². The van der Waals surface area contributed by atoms with Gasteiger partial charge in [0.1, 0.15) is 5.25 Å². The Morgan fingerprint density at radius 2 is 2.16 bits per heavy atom. The summed E-state index contributed by atoms with van der Waals surface area (Å²) >= 11 is 1.58. The fraction of sp³-hybridized carbons (Fsp3) is 0.533. The van der Waals surface area contributed by atoms with Crippen LogP contribution in [0.15, 0.2) is 30.3 Å². The van der Waals surface area contributed by atoms with Gasteiger partial charge in [-0.15, -0.1) is 11.8 Å². The number of nitrogens with one attached hydrogen (secondary N) is 1. The summed E-state index contributed by atoms with van der Waals surface area (Å²) in [5.41, 5.74) is 6.83. The first-order valence-corrected chi connectivity index (χ1v) is 8.13. The lowest BCUT2D eigenvalue weighted by Gasteiger charge is -2.22. The van der Waals surface area contributed by atoms with Gasteiger partial charge in [-0.25, -0.2) is 0 Å². The first-order chi connectivity index (χ1) is 9.26. The molecule has 0 aromatic heterocycles. The molecule has 0 saturated heterocycles. The van der Waals surface area contributed by atoms with E-state index in [1.54, 1.807) is 11.8 Å². The second-order valence-corrected chi connectivity index (χ2v) is 6.01. The molecule has 0 spiro atoms. The maximum atomic E-state index is 12.4. The number of carbonyl (C=O) groups is 1. The zero-order chi connectivity index (χ0) is 13.7. The molecule has 1 aromatic rings. The van der Waals surface area contributed by atoms with Gasteiger partial charge in [0.05, 0.1) is 0 Å². The smallest absolute Gasteiger partial charge is 0.237 e. The van der Waals surface area contributed by atoms with Gasteiger partial charge >= 0.3 is 0 Å². The third-order valence-electron chi connectivity index (χ3n) is 3.87. The molecule has 19 heavy (non-hydrogen) atoms. The first kappa shape index (κ1) is 14.4. The van der Waals surface area contributed by atoms with Crippen molar-refractivity contribution in [2.75, 3.05) is 12.8 Å². The van der Waals surface area contributed by atoms with Crippen molar-refractivity contribution in [2.24, 2.45) is 11.7 Å². The van der Waals surface area contributed by atoms with Crippen LogP contribution in [0.2, 0.25) is 0 Å². The lowest BCUT2D eigenvalue weighted by molar-refractivity contribution is -0.121. The number of hydrogen-bond acceptors (Lipinski definition) is 3. The second-order valence-electron chi connectivity index (χ2n) is 5.07. The number of carbonyl (C=O) groups excluding carboxylic acids is 1. The Bertz CT molecular complexity index is 410. The van der Waals surface area contributed by atoms with Gasteiger partial charge in [0.25, 0.3) is 0 Å². The molecule has 1 fully saturated rings. The highest BCUT2D eigenvalue weighted by Gasteiger charge is 2.29. The molecular weight excluding hydrogens is 256 g/mol. The Kier molecular flexibility index (Phi) is 5.28. The fourth-order valence-electron chi connectivity index (χ4n) is 2.79. The molecule has 3 unspecified atom stereocenters. The normalized spacial score (nSPS) is 24.1. The molecule has 0 bridgehead atoms. The summed E-state index contributed by atoms with van der Waals surface area (Å²) in [4.78, 5) is 12.4. The lowest BCUT2D eigenvalue weighted by Crippen LogP contribution is -2.41. The Morgan fingerprint density at radius 1 is 1.42 bits per heavy atom. The average Bonchev–Trinajstić information content (AvgIpc) is 2.88. The van der Waals surface area contributed by atoms with Crippen LogP contribution in [0.5, 0.6) is 0 Å². The van der Waals surface area contributed by atoms with Crippen molar-refractivity contribution in [1.82, 2.24) is 5.32 Å². The second kappa shape index (κ2) is 6.96. The van der Waals surface area contributed by atoms with Gasteiger partial charge in [-0.2, -0.15) is 0 Å². The number of hydrogen-bond donors (Lipinski definition) is 2. The summed E-state index contributed by atoms with van der Waals surface area (Å²) in [6.07, 6.45) is 5.34. The van der Waals surface area contributed by atoms with Crippen LogP contribution in [0.1, 0.15) is 30.1 Å². The monoisotopic (exact) mass is 278 g/mol. The number of benzene rings is 1. The van der Waals surface area contributed by atoms with Crippen molar-refractivity contribution in [1.29, 1.82) is 0 Å². The van der Waals surface area contributed by atoms with E-state index in [2.05, 4.69) is 5.32 Å². The topological polar surface area (TPSA) is 55.1 Å². The molecule has 104 valence electrons. The standard InChI is InChI=1S/C15H22N2OS/c1-19-14(11-6-3-2-4-7-11)15(18)17-13-9-5-8-12(13)10-16/h2-4,6-7,12-14H,5,8-10,16H2,1H3,(H,17,18). The van der Waals surface area contributed by atoms with E-state index in [9.17, 15) is 4.79 Å². The predicted molar refractivity (Wildman–Crippen MR) is 81.0 cm³/mol.